The van der Waals surface area contributed by atoms with Gasteiger partial charge in [-0.25, -0.2) is 4.98 Å². The van der Waals surface area contributed by atoms with Gasteiger partial charge in [-0.05, 0) is 19.1 Å². The molecule has 2 aromatic heterocycles. The SMILES string of the molecule is Cc1onc(-c2ccccc2)c1CN(Cc1nccn1C)C(=O)c1ccccc1Cl. The number of imidazole rings is 1. The quantitative estimate of drug-likeness (QED) is 0.446. The minimum atomic E-state index is -0.178. The van der Waals surface area contributed by atoms with Crippen molar-refractivity contribution in [3.63, 3.8) is 0 Å². The van der Waals surface area contributed by atoms with E-state index in [-0.39, 0.29) is 5.91 Å². The number of nitrogens with zero attached hydrogens (tertiary/aromatic N) is 4. The van der Waals surface area contributed by atoms with E-state index < -0.39 is 0 Å². The number of aromatic nitrogens is 3. The van der Waals surface area contributed by atoms with Crippen molar-refractivity contribution < 1.29 is 9.32 Å². The van der Waals surface area contributed by atoms with Crippen LogP contribution in [0, 0.1) is 6.92 Å². The topological polar surface area (TPSA) is 64.2 Å². The summed E-state index contributed by atoms with van der Waals surface area (Å²) in [5.41, 5.74) is 2.97. The van der Waals surface area contributed by atoms with Crippen molar-refractivity contribution in [1.29, 1.82) is 0 Å². The normalized spacial score (nSPS) is 10.9. The van der Waals surface area contributed by atoms with E-state index in [2.05, 4.69) is 10.1 Å². The molecule has 0 spiro atoms. The minimum Gasteiger partial charge on any atom is -0.361 e. The molecule has 1 amide bonds. The molecule has 0 aliphatic rings. The molecule has 0 aliphatic carbocycles. The van der Waals surface area contributed by atoms with E-state index >= 15 is 0 Å². The molecular formula is C23H21ClN4O2. The second-order valence-electron chi connectivity index (χ2n) is 7.03. The van der Waals surface area contributed by atoms with Gasteiger partial charge >= 0.3 is 0 Å². The van der Waals surface area contributed by atoms with Crippen molar-refractivity contribution in [1.82, 2.24) is 19.6 Å². The van der Waals surface area contributed by atoms with Crippen molar-refractivity contribution in [2.24, 2.45) is 7.05 Å². The van der Waals surface area contributed by atoms with Crippen molar-refractivity contribution >= 4 is 17.5 Å². The van der Waals surface area contributed by atoms with Crippen molar-refractivity contribution in [3.05, 3.63) is 94.7 Å². The molecule has 0 atom stereocenters. The van der Waals surface area contributed by atoms with Gasteiger partial charge < -0.3 is 14.0 Å². The molecule has 0 unspecified atom stereocenters. The highest BCUT2D eigenvalue weighted by molar-refractivity contribution is 6.33. The highest BCUT2D eigenvalue weighted by atomic mass is 35.5. The van der Waals surface area contributed by atoms with Crippen LogP contribution >= 0.6 is 11.6 Å². The highest BCUT2D eigenvalue weighted by Gasteiger charge is 2.24. The molecule has 7 heteroatoms. The number of carbonyl (C=O) groups excluding carboxylic acids is 1. The van der Waals surface area contributed by atoms with Gasteiger partial charge in [0.05, 0.1) is 23.7 Å². The van der Waals surface area contributed by atoms with Gasteiger partial charge in [-0.3, -0.25) is 4.79 Å². The average molecular weight is 421 g/mol. The van der Waals surface area contributed by atoms with E-state index in [4.69, 9.17) is 16.1 Å². The molecule has 0 aliphatic heterocycles. The van der Waals surface area contributed by atoms with E-state index in [1.165, 1.54) is 0 Å². The minimum absolute atomic E-state index is 0.178. The lowest BCUT2D eigenvalue weighted by molar-refractivity contribution is 0.0724. The maximum atomic E-state index is 13.4. The first-order valence-corrected chi connectivity index (χ1v) is 9.93. The summed E-state index contributed by atoms with van der Waals surface area (Å²) in [5.74, 6) is 1.26. The Hall–Kier alpha value is -3.38. The van der Waals surface area contributed by atoms with Gasteiger partial charge in [-0.15, -0.1) is 0 Å². The molecule has 0 N–H and O–H groups in total. The van der Waals surface area contributed by atoms with Crippen LogP contribution < -0.4 is 0 Å². The Morgan fingerprint density at radius 1 is 1.10 bits per heavy atom. The monoisotopic (exact) mass is 420 g/mol. The lowest BCUT2D eigenvalue weighted by atomic mass is 10.1. The molecule has 2 aromatic carbocycles. The van der Waals surface area contributed by atoms with Gasteiger partial charge in [-0.2, -0.15) is 0 Å². The number of amides is 1. The standard InChI is InChI=1S/C23H21ClN4O2/c1-16-19(22(26-30-16)17-8-4-3-5-9-17)14-28(15-21-25-12-13-27(21)2)23(29)18-10-6-7-11-20(18)24/h3-13H,14-15H2,1-2H3. The Morgan fingerprint density at radius 2 is 1.83 bits per heavy atom. The van der Waals surface area contributed by atoms with E-state index in [9.17, 15) is 4.79 Å². The summed E-state index contributed by atoms with van der Waals surface area (Å²) < 4.78 is 7.38. The van der Waals surface area contributed by atoms with Crippen LogP contribution in [0.3, 0.4) is 0 Å². The summed E-state index contributed by atoms with van der Waals surface area (Å²) in [6.45, 7) is 2.50. The molecule has 0 radical (unpaired) electrons. The molecule has 0 saturated carbocycles. The van der Waals surface area contributed by atoms with E-state index in [0.29, 0.717) is 29.4 Å². The van der Waals surface area contributed by atoms with Crippen molar-refractivity contribution in [3.8, 4) is 11.3 Å². The Bertz CT molecular complexity index is 1170. The molecule has 4 rings (SSSR count). The second kappa shape index (κ2) is 8.55. The van der Waals surface area contributed by atoms with Crippen LogP contribution in [0.15, 0.2) is 71.5 Å². The summed E-state index contributed by atoms with van der Waals surface area (Å²) >= 11 is 6.32. The first kappa shape index (κ1) is 19.9. The molecule has 2 heterocycles. The molecule has 0 saturated heterocycles. The van der Waals surface area contributed by atoms with Crippen molar-refractivity contribution in [2.75, 3.05) is 0 Å². The van der Waals surface area contributed by atoms with Gasteiger partial charge in [0.15, 0.2) is 0 Å². The molecule has 4 aromatic rings. The van der Waals surface area contributed by atoms with E-state index in [1.54, 1.807) is 35.4 Å². The van der Waals surface area contributed by atoms with E-state index in [0.717, 1.165) is 22.6 Å². The summed E-state index contributed by atoms with van der Waals surface area (Å²) in [7, 11) is 1.90. The number of rotatable bonds is 6. The molecular weight excluding hydrogens is 400 g/mol. The zero-order valence-electron chi connectivity index (χ0n) is 16.7. The molecule has 0 fully saturated rings. The molecule has 30 heavy (non-hydrogen) atoms. The van der Waals surface area contributed by atoms with Gasteiger partial charge in [0.1, 0.15) is 17.3 Å². The summed E-state index contributed by atoms with van der Waals surface area (Å²) in [6.07, 6.45) is 3.57. The van der Waals surface area contributed by atoms with Crippen LogP contribution in [0.2, 0.25) is 5.02 Å². The molecule has 152 valence electrons. The van der Waals surface area contributed by atoms with E-state index in [1.807, 2.05) is 55.1 Å². The zero-order valence-corrected chi connectivity index (χ0v) is 17.5. The number of benzene rings is 2. The zero-order chi connectivity index (χ0) is 21.1. The fourth-order valence-electron chi connectivity index (χ4n) is 3.32. The lowest BCUT2D eigenvalue weighted by Crippen LogP contribution is -2.31. The Kier molecular flexibility index (Phi) is 5.68. The fourth-order valence-corrected chi connectivity index (χ4v) is 3.53. The number of hydrogen-bond acceptors (Lipinski definition) is 4. The van der Waals surface area contributed by atoms with Crippen LogP contribution in [0.1, 0.15) is 27.5 Å². The fraction of sp³-hybridized carbons (Fsp3) is 0.174. The van der Waals surface area contributed by atoms with Gasteiger partial charge in [0, 0.05) is 30.6 Å². The highest BCUT2D eigenvalue weighted by Crippen LogP contribution is 2.28. The first-order chi connectivity index (χ1) is 14.5. The van der Waals surface area contributed by atoms with Gasteiger partial charge in [0.2, 0.25) is 0 Å². The predicted molar refractivity (Wildman–Crippen MR) is 115 cm³/mol. The maximum absolute atomic E-state index is 13.4. The number of hydrogen-bond donors (Lipinski definition) is 0. The third-order valence-corrected chi connectivity index (χ3v) is 5.36. The van der Waals surface area contributed by atoms with Crippen LogP contribution in [-0.2, 0) is 20.1 Å². The predicted octanol–water partition coefficient (Wildman–Crippen LogP) is 4.88. The number of aryl methyl sites for hydroxylation is 2. The van der Waals surface area contributed by atoms with Gasteiger partial charge in [-0.1, -0.05) is 59.2 Å². The average Bonchev–Trinajstić information content (AvgIpc) is 3.33. The molecule has 0 bridgehead atoms. The summed E-state index contributed by atoms with van der Waals surface area (Å²) in [6, 6.07) is 16.8. The van der Waals surface area contributed by atoms with Crippen LogP contribution in [0.25, 0.3) is 11.3 Å². The van der Waals surface area contributed by atoms with Crippen molar-refractivity contribution in [2.45, 2.75) is 20.0 Å². The van der Waals surface area contributed by atoms with Crippen LogP contribution in [0.4, 0.5) is 0 Å². The maximum Gasteiger partial charge on any atom is 0.256 e. The second-order valence-corrected chi connectivity index (χ2v) is 7.43. The van der Waals surface area contributed by atoms with Crippen LogP contribution in [0.5, 0.6) is 0 Å². The first-order valence-electron chi connectivity index (χ1n) is 9.55. The Labute approximate surface area is 179 Å². The third-order valence-electron chi connectivity index (χ3n) is 5.03. The Morgan fingerprint density at radius 3 is 2.53 bits per heavy atom. The summed E-state index contributed by atoms with van der Waals surface area (Å²) in [4.78, 5) is 19.5. The molecule has 6 nitrogen and oxygen atoms in total. The van der Waals surface area contributed by atoms with Gasteiger partial charge in [0.25, 0.3) is 5.91 Å². The largest absolute Gasteiger partial charge is 0.361 e. The number of carbonyl (C=O) groups is 1. The van der Waals surface area contributed by atoms with Crippen LogP contribution in [-0.4, -0.2) is 25.5 Å². The summed E-state index contributed by atoms with van der Waals surface area (Å²) in [5, 5.41) is 4.66. The Balaban J connectivity index is 1.73. The third kappa shape index (κ3) is 4.00. The lowest BCUT2D eigenvalue weighted by Gasteiger charge is -2.23. The smallest absolute Gasteiger partial charge is 0.256 e. The number of halogens is 1.